The van der Waals surface area contributed by atoms with Gasteiger partial charge in [-0.3, -0.25) is 14.4 Å². The summed E-state index contributed by atoms with van der Waals surface area (Å²) in [5.41, 5.74) is 6.43. The third-order valence-corrected chi connectivity index (χ3v) is 3.51. The van der Waals surface area contributed by atoms with E-state index in [4.69, 9.17) is 17.3 Å². The molecule has 0 saturated heterocycles. The van der Waals surface area contributed by atoms with E-state index in [0.717, 1.165) is 0 Å². The Balaban J connectivity index is 2.40. The minimum Gasteiger partial charge on any atom is -0.398 e. The molecule has 0 atom stereocenters. The first-order chi connectivity index (χ1) is 9.52. The third-order valence-electron chi connectivity index (χ3n) is 3.32. The standard InChI is InChI=1S/C15H8ClNO3/c16-15(20)12-10(17)6-5-9-11(12)14(19)8-4-2-1-3-7(8)13(9)18/h1-6H,17H2. The topological polar surface area (TPSA) is 77.2 Å². The molecule has 2 N–H and O–H groups in total. The SMILES string of the molecule is Nc1ccc2c(c1C(=O)Cl)C(=O)c1ccccc1C2=O. The van der Waals surface area contributed by atoms with Crippen LogP contribution in [0.2, 0.25) is 0 Å². The Kier molecular flexibility index (Phi) is 2.69. The number of fused-ring (bicyclic) bond motifs is 2. The van der Waals surface area contributed by atoms with E-state index in [1.54, 1.807) is 24.3 Å². The van der Waals surface area contributed by atoms with E-state index in [1.807, 2.05) is 0 Å². The van der Waals surface area contributed by atoms with Gasteiger partial charge < -0.3 is 5.73 Å². The monoisotopic (exact) mass is 285 g/mol. The van der Waals surface area contributed by atoms with Crippen molar-refractivity contribution in [3.05, 3.63) is 64.2 Å². The molecule has 20 heavy (non-hydrogen) atoms. The van der Waals surface area contributed by atoms with Gasteiger partial charge in [0.1, 0.15) is 0 Å². The summed E-state index contributed by atoms with van der Waals surface area (Å²) >= 11 is 5.50. The first-order valence-electron chi connectivity index (χ1n) is 5.83. The van der Waals surface area contributed by atoms with Crippen molar-refractivity contribution < 1.29 is 14.4 Å². The molecule has 0 heterocycles. The van der Waals surface area contributed by atoms with E-state index < -0.39 is 11.0 Å². The highest BCUT2D eigenvalue weighted by Gasteiger charge is 2.33. The minimum absolute atomic E-state index is 0.00583. The van der Waals surface area contributed by atoms with Gasteiger partial charge in [0, 0.05) is 27.9 Å². The highest BCUT2D eigenvalue weighted by Crippen LogP contribution is 2.32. The van der Waals surface area contributed by atoms with Crippen LogP contribution >= 0.6 is 11.6 Å². The Morgan fingerprint density at radius 1 is 0.900 bits per heavy atom. The molecule has 0 radical (unpaired) electrons. The Morgan fingerprint density at radius 2 is 1.50 bits per heavy atom. The second kappa shape index (κ2) is 4.28. The third kappa shape index (κ3) is 1.58. The molecular formula is C15H8ClNO3. The smallest absolute Gasteiger partial charge is 0.255 e. The van der Waals surface area contributed by atoms with Crippen LogP contribution in [-0.4, -0.2) is 16.8 Å². The van der Waals surface area contributed by atoms with Crippen LogP contribution in [0.1, 0.15) is 42.2 Å². The van der Waals surface area contributed by atoms with Gasteiger partial charge in [-0.1, -0.05) is 24.3 Å². The lowest BCUT2D eigenvalue weighted by Gasteiger charge is -2.19. The van der Waals surface area contributed by atoms with Gasteiger partial charge >= 0.3 is 0 Å². The molecule has 1 aliphatic rings. The van der Waals surface area contributed by atoms with Crippen molar-refractivity contribution in [2.24, 2.45) is 0 Å². The zero-order valence-corrected chi connectivity index (χ0v) is 10.9. The highest BCUT2D eigenvalue weighted by molar-refractivity contribution is 6.69. The number of nitrogens with two attached hydrogens (primary N) is 1. The fourth-order valence-electron chi connectivity index (χ4n) is 2.41. The summed E-state index contributed by atoms with van der Waals surface area (Å²) in [5, 5.41) is -0.847. The number of carbonyl (C=O) groups is 3. The molecule has 0 amide bonds. The molecule has 2 aromatic rings. The van der Waals surface area contributed by atoms with Crippen LogP contribution in [0.3, 0.4) is 0 Å². The summed E-state index contributed by atoms with van der Waals surface area (Å²) in [7, 11) is 0. The number of benzene rings is 2. The van der Waals surface area contributed by atoms with Crippen molar-refractivity contribution >= 4 is 34.1 Å². The molecule has 0 unspecified atom stereocenters. The molecule has 4 nitrogen and oxygen atoms in total. The van der Waals surface area contributed by atoms with Gasteiger partial charge in [-0.05, 0) is 23.7 Å². The molecule has 0 aromatic heterocycles. The second-order valence-corrected chi connectivity index (χ2v) is 4.77. The maximum Gasteiger partial charge on any atom is 0.255 e. The van der Waals surface area contributed by atoms with Gasteiger partial charge in [0.15, 0.2) is 11.6 Å². The number of hydrogen-bond donors (Lipinski definition) is 1. The predicted molar refractivity (Wildman–Crippen MR) is 74.3 cm³/mol. The van der Waals surface area contributed by atoms with Gasteiger partial charge in [0.25, 0.3) is 5.24 Å². The van der Waals surface area contributed by atoms with Gasteiger partial charge in [0.05, 0.1) is 5.56 Å². The molecule has 5 heteroatoms. The summed E-state index contributed by atoms with van der Waals surface area (Å²) in [5.74, 6) is -0.721. The summed E-state index contributed by atoms with van der Waals surface area (Å²) in [6.45, 7) is 0. The normalized spacial score (nSPS) is 12.8. The molecular weight excluding hydrogens is 278 g/mol. The molecule has 1 aliphatic carbocycles. The first-order valence-corrected chi connectivity index (χ1v) is 6.21. The summed E-state index contributed by atoms with van der Waals surface area (Å²) < 4.78 is 0. The van der Waals surface area contributed by atoms with Crippen molar-refractivity contribution in [2.45, 2.75) is 0 Å². The number of anilines is 1. The molecule has 2 aromatic carbocycles. The lowest BCUT2D eigenvalue weighted by atomic mass is 9.81. The Bertz CT molecular complexity index is 796. The van der Waals surface area contributed by atoms with E-state index in [2.05, 4.69) is 0 Å². The summed E-state index contributed by atoms with van der Waals surface area (Å²) in [4.78, 5) is 36.4. The van der Waals surface area contributed by atoms with Crippen molar-refractivity contribution in [3.8, 4) is 0 Å². The van der Waals surface area contributed by atoms with Crippen molar-refractivity contribution in [1.29, 1.82) is 0 Å². The molecule has 3 rings (SSSR count). The largest absolute Gasteiger partial charge is 0.398 e. The second-order valence-electron chi connectivity index (χ2n) is 4.43. The van der Waals surface area contributed by atoms with Crippen molar-refractivity contribution in [2.75, 3.05) is 5.73 Å². The summed E-state index contributed by atoms with van der Waals surface area (Å²) in [6, 6.07) is 9.32. The number of ketones is 2. The summed E-state index contributed by atoms with van der Waals surface area (Å²) in [6.07, 6.45) is 0. The van der Waals surface area contributed by atoms with Crippen LogP contribution in [0.5, 0.6) is 0 Å². The predicted octanol–water partition coefficient (Wildman–Crippen LogP) is 2.42. The Hall–Kier alpha value is -2.46. The number of hydrogen-bond acceptors (Lipinski definition) is 4. The van der Waals surface area contributed by atoms with E-state index in [1.165, 1.54) is 12.1 Å². The number of nitrogen functional groups attached to an aromatic ring is 1. The minimum atomic E-state index is -0.847. The van der Waals surface area contributed by atoms with Crippen molar-refractivity contribution in [1.82, 2.24) is 0 Å². The van der Waals surface area contributed by atoms with Gasteiger partial charge in [-0.25, -0.2) is 0 Å². The fraction of sp³-hybridized carbons (Fsp3) is 0. The van der Waals surface area contributed by atoms with E-state index >= 15 is 0 Å². The maximum atomic E-state index is 12.5. The Morgan fingerprint density at radius 3 is 2.10 bits per heavy atom. The van der Waals surface area contributed by atoms with Crippen LogP contribution in [0.15, 0.2) is 36.4 Å². The fourth-order valence-corrected chi connectivity index (χ4v) is 2.62. The average Bonchev–Trinajstić information content (AvgIpc) is 2.44. The van der Waals surface area contributed by atoms with E-state index in [9.17, 15) is 14.4 Å². The number of rotatable bonds is 1. The lowest BCUT2D eigenvalue weighted by molar-refractivity contribution is 0.0975. The van der Waals surface area contributed by atoms with Crippen LogP contribution in [0.4, 0.5) is 5.69 Å². The maximum absolute atomic E-state index is 12.5. The quantitative estimate of drug-likeness (QED) is 0.550. The van der Waals surface area contributed by atoms with Gasteiger partial charge in [0.2, 0.25) is 0 Å². The highest BCUT2D eigenvalue weighted by atomic mass is 35.5. The molecule has 0 spiro atoms. The molecule has 0 fully saturated rings. The Labute approximate surface area is 119 Å². The van der Waals surface area contributed by atoms with Crippen LogP contribution in [0.25, 0.3) is 0 Å². The molecule has 0 aliphatic heterocycles. The lowest BCUT2D eigenvalue weighted by Crippen LogP contribution is -2.24. The zero-order valence-electron chi connectivity index (χ0n) is 10.1. The first kappa shape index (κ1) is 12.6. The number of carbonyl (C=O) groups excluding carboxylic acids is 3. The van der Waals surface area contributed by atoms with Crippen LogP contribution < -0.4 is 5.73 Å². The van der Waals surface area contributed by atoms with Crippen LogP contribution in [0, 0.1) is 0 Å². The molecule has 98 valence electrons. The average molecular weight is 286 g/mol. The zero-order chi connectivity index (χ0) is 14.4. The number of halogens is 1. The van der Waals surface area contributed by atoms with E-state index in [0.29, 0.717) is 5.56 Å². The molecule has 0 bridgehead atoms. The van der Waals surface area contributed by atoms with Gasteiger partial charge in [-0.15, -0.1) is 0 Å². The van der Waals surface area contributed by atoms with Gasteiger partial charge in [-0.2, -0.15) is 0 Å². The molecule has 0 saturated carbocycles. The van der Waals surface area contributed by atoms with Crippen molar-refractivity contribution in [3.63, 3.8) is 0 Å². The van der Waals surface area contributed by atoms with Crippen LogP contribution in [-0.2, 0) is 0 Å². The van der Waals surface area contributed by atoms with E-state index in [-0.39, 0.29) is 33.7 Å².